The predicted molar refractivity (Wildman–Crippen MR) is 118 cm³/mol. The summed E-state index contributed by atoms with van der Waals surface area (Å²) >= 11 is 0. The van der Waals surface area contributed by atoms with E-state index >= 15 is 0 Å². The fraction of sp³-hybridized carbons (Fsp3) is 0.0870. The lowest BCUT2D eigenvalue weighted by molar-refractivity contribution is -0.384. The van der Waals surface area contributed by atoms with Gasteiger partial charge in [-0.15, -0.1) is 6.58 Å². The second-order valence-electron chi connectivity index (χ2n) is 6.19. The number of methoxy groups -OCH3 is 1. The Hall–Kier alpha value is -4.71. The first kappa shape index (κ1) is 23.6. The third kappa shape index (κ3) is 6.67. The molecule has 0 fully saturated rings. The number of benzene rings is 2. The van der Waals surface area contributed by atoms with Crippen molar-refractivity contribution in [3.05, 3.63) is 88.0 Å². The molecular weight excluding hydrogens is 414 g/mol. The lowest BCUT2D eigenvalue weighted by Crippen LogP contribution is -2.24. The Balaban J connectivity index is 2.16. The Bertz CT molecular complexity index is 1140. The molecule has 0 aliphatic rings. The number of hydrogen-bond acceptors (Lipinski definition) is 7. The maximum absolute atomic E-state index is 12.2. The highest BCUT2D eigenvalue weighted by atomic mass is 16.6. The fourth-order valence-corrected chi connectivity index (χ4v) is 2.48. The first-order chi connectivity index (χ1) is 15.4. The molecule has 0 saturated carbocycles. The van der Waals surface area contributed by atoms with Gasteiger partial charge >= 0.3 is 5.97 Å². The summed E-state index contributed by atoms with van der Waals surface area (Å²) in [7, 11) is 1.38. The van der Waals surface area contributed by atoms with Crippen LogP contribution in [0.3, 0.4) is 0 Å². The molecule has 2 aromatic rings. The van der Waals surface area contributed by atoms with E-state index in [2.05, 4.69) is 11.9 Å². The van der Waals surface area contributed by atoms with Crippen LogP contribution < -0.4 is 14.8 Å². The molecule has 162 valence electrons. The van der Waals surface area contributed by atoms with E-state index in [-0.39, 0.29) is 29.3 Å². The highest BCUT2D eigenvalue weighted by Gasteiger charge is 2.12. The van der Waals surface area contributed by atoms with Crippen molar-refractivity contribution in [3.63, 3.8) is 0 Å². The average Bonchev–Trinajstić information content (AvgIpc) is 2.80. The number of nitro groups is 1. The number of rotatable bonds is 9. The summed E-state index contributed by atoms with van der Waals surface area (Å²) in [6, 6.07) is 12.1. The van der Waals surface area contributed by atoms with Gasteiger partial charge in [0.2, 0.25) is 0 Å². The van der Waals surface area contributed by atoms with Crippen LogP contribution in [0.15, 0.2) is 66.8 Å². The number of nitro benzene ring substituents is 1. The minimum Gasteiger partial charge on any atom is -0.493 e. The minimum atomic E-state index is -0.723. The molecule has 0 unspecified atom stereocenters. The van der Waals surface area contributed by atoms with E-state index in [1.54, 1.807) is 12.1 Å². The van der Waals surface area contributed by atoms with Crippen molar-refractivity contribution in [3.8, 4) is 17.6 Å². The van der Waals surface area contributed by atoms with Gasteiger partial charge in [-0.3, -0.25) is 14.9 Å². The zero-order valence-electron chi connectivity index (χ0n) is 17.1. The van der Waals surface area contributed by atoms with E-state index in [1.807, 2.05) is 6.07 Å². The van der Waals surface area contributed by atoms with Crippen molar-refractivity contribution >= 4 is 29.7 Å². The molecule has 9 heteroatoms. The van der Waals surface area contributed by atoms with Gasteiger partial charge in [0, 0.05) is 24.8 Å². The van der Waals surface area contributed by atoms with Crippen LogP contribution in [0.25, 0.3) is 12.2 Å². The smallest absolute Gasteiger partial charge is 0.336 e. The molecule has 2 aromatic carbocycles. The van der Waals surface area contributed by atoms with Crippen molar-refractivity contribution in [1.29, 1.82) is 5.26 Å². The Labute approximate surface area is 184 Å². The number of non-ortho nitro benzene ring substituents is 1. The third-order valence-electron chi connectivity index (χ3n) is 3.97. The van der Waals surface area contributed by atoms with Crippen LogP contribution in [0.5, 0.6) is 11.5 Å². The number of amides is 1. The quantitative estimate of drug-likeness (QED) is 0.122. The van der Waals surface area contributed by atoms with Crippen LogP contribution in [0.4, 0.5) is 5.69 Å². The summed E-state index contributed by atoms with van der Waals surface area (Å²) in [4.78, 5) is 34.4. The lowest BCUT2D eigenvalue weighted by atomic mass is 10.1. The largest absolute Gasteiger partial charge is 0.493 e. The third-order valence-corrected chi connectivity index (χ3v) is 3.97. The van der Waals surface area contributed by atoms with Gasteiger partial charge in [0.25, 0.3) is 11.6 Å². The molecule has 0 saturated heterocycles. The molecule has 9 nitrogen and oxygen atoms in total. The van der Waals surface area contributed by atoms with Crippen molar-refractivity contribution in [2.24, 2.45) is 0 Å². The van der Waals surface area contributed by atoms with Crippen LogP contribution in [0.2, 0.25) is 0 Å². The summed E-state index contributed by atoms with van der Waals surface area (Å²) in [6.45, 7) is 3.71. The van der Waals surface area contributed by atoms with E-state index < -0.39 is 16.8 Å². The predicted octanol–water partition coefficient (Wildman–Crippen LogP) is 3.43. The molecule has 0 bridgehead atoms. The first-order valence-corrected chi connectivity index (χ1v) is 9.21. The number of ether oxygens (including phenoxy) is 2. The average molecular weight is 433 g/mol. The molecule has 0 atom stereocenters. The first-order valence-electron chi connectivity index (χ1n) is 9.21. The van der Waals surface area contributed by atoms with Gasteiger partial charge in [-0.25, -0.2) is 4.79 Å². The van der Waals surface area contributed by atoms with Crippen LogP contribution >= 0.6 is 0 Å². The SMILES string of the molecule is C=CCNC(=O)C(C#N)=Cc1ccc(OC(=O)C=Cc2cccc([N+](=O)[O-])c2)c(OC)c1. The molecule has 0 heterocycles. The van der Waals surface area contributed by atoms with Crippen LogP contribution in [0, 0.1) is 21.4 Å². The number of nitrogens with one attached hydrogen (secondary N) is 1. The summed E-state index contributed by atoms with van der Waals surface area (Å²) in [5.41, 5.74) is 0.737. The standard InChI is InChI=1S/C23H19N3O6/c1-3-11-25-23(28)18(15-24)12-17-7-9-20(21(14-17)31-2)32-22(27)10-8-16-5-4-6-19(13-16)26(29)30/h3-10,12-14H,1,11H2,2H3,(H,25,28). The fourth-order valence-electron chi connectivity index (χ4n) is 2.48. The normalized spacial score (nSPS) is 10.8. The Kier molecular flexibility index (Phi) is 8.45. The number of nitrogens with zero attached hydrogens (tertiary/aromatic N) is 2. The Morgan fingerprint density at radius 1 is 1.22 bits per heavy atom. The minimum absolute atomic E-state index is 0.0965. The lowest BCUT2D eigenvalue weighted by Gasteiger charge is -2.09. The summed E-state index contributed by atoms with van der Waals surface area (Å²) in [5.74, 6) is -0.944. The number of nitriles is 1. The molecule has 32 heavy (non-hydrogen) atoms. The Morgan fingerprint density at radius 2 is 2.00 bits per heavy atom. The van der Waals surface area contributed by atoms with Gasteiger partial charge in [0.05, 0.1) is 12.0 Å². The van der Waals surface area contributed by atoms with Crippen molar-refractivity contribution in [2.45, 2.75) is 0 Å². The van der Waals surface area contributed by atoms with E-state index in [9.17, 15) is 25.0 Å². The Morgan fingerprint density at radius 3 is 2.66 bits per heavy atom. The van der Waals surface area contributed by atoms with E-state index in [0.29, 0.717) is 11.1 Å². The van der Waals surface area contributed by atoms with Crippen molar-refractivity contribution in [1.82, 2.24) is 5.32 Å². The molecule has 0 aliphatic heterocycles. The van der Waals surface area contributed by atoms with E-state index in [1.165, 1.54) is 55.7 Å². The van der Waals surface area contributed by atoms with Crippen LogP contribution in [0.1, 0.15) is 11.1 Å². The monoisotopic (exact) mass is 433 g/mol. The highest BCUT2D eigenvalue weighted by Crippen LogP contribution is 2.29. The summed E-state index contributed by atoms with van der Waals surface area (Å²) in [5, 5.41) is 22.5. The van der Waals surface area contributed by atoms with Gasteiger partial charge in [-0.2, -0.15) is 5.26 Å². The second kappa shape index (κ2) is 11.5. The number of esters is 1. The molecule has 2 rings (SSSR count). The van der Waals surface area contributed by atoms with E-state index in [0.717, 1.165) is 6.08 Å². The molecule has 1 N–H and O–H groups in total. The van der Waals surface area contributed by atoms with Crippen molar-refractivity contribution in [2.75, 3.05) is 13.7 Å². The number of hydrogen-bond donors (Lipinski definition) is 1. The van der Waals surface area contributed by atoms with E-state index in [4.69, 9.17) is 9.47 Å². The zero-order valence-corrected chi connectivity index (χ0v) is 17.1. The zero-order chi connectivity index (χ0) is 23.5. The molecule has 0 spiro atoms. The molecule has 0 aromatic heterocycles. The van der Waals surface area contributed by atoms with Gasteiger partial charge in [-0.05, 0) is 35.4 Å². The molecule has 0 radical (unpaired) electrons. The summed E-state index contributed by atoms with van der Waals surface area (Å²) in [6.07, 6.45) is 5.38. The van der Waals surface area contributed by atoms with Gasteiger partial charge in [0.1, 0.15) is 11.6 Å². The highest BCUT2D eigenvalue weighted by molar-refractivity contribution is 6.01. The topological polar surface area (TPSA) is 132 Å². The van der Waals surface area contributed by atoms with Crippen molar-refractivity contribution < 1.29 is 24.0 Å². The van der Waals surface area contributed by atoms with Gasteiger partial charge in [-0.1, -0.05) is 24.3 Å². The van der Waals surface area contributed by atoms with Crippen LogP contribution in [-0.4, -0.2) is 30.5 Å². The molecule has 1 amide bonds. The van der Waals surface area contributed by atoms with Crippen LogP contribution in [-0.2, 0) is 9.59 Å². The molecule has 0 aliphatic carbocycles. The maximum atomic E-state index is 12.2. The van der Waals surface area contributed by atoms with Gasteiger partial charge < -0.3 is 14.8 Å². The van der Waals surface area contributed by atoms with Gasteiger partial charge in [0.15, 0.2) is 11.5 Å². The summed E-state index contributed by atoms with van der Waals surface area (Å²) < 4.78 is 10.5. The maximum Gasteiger partial charge on any atom is 0.336 e. The number of carbonyl (C=O) groups excluding carboxylic acids is 2. The second-order valence-corrected chi connectivity index (χ2v) is 6.19. The number of carbonyl (C=O) groups is 2. The molecular formula is C23H19N3O6.